The summed E-state index contributed by atoms with van der Waals surface area (Å²) < 4.78 is 5.34. The van der Waals surface area contributed by atoms with Gasteiger partial charge in [-0.3, -0.25) is 0 Å². The molecule has 0 atom stereocenters. The molecule has 1 heterocycles. The lowest BCUT2D eigenvalue weighted by Crippen LogP contribution is -1.99. The van der Waals surface area contributed by atoms with Crippen LogP contribution in [0.25, 0.3) is 0 Å². The number of nitrogens with one attached hydrogen (secondary N) is 1. The van der Waals surface area contributed by atoms with Gasteiger partial charge in [-0.15, -0.1) is 0 Å². The van der Waals surface area contributed by atoms with Crippen LogP contribution < -0.4 is 10.1 Å². The number of hydrogen-bond donors (Lipinski definition) is 1. The number of aryl methyl sites for hydroxylation is 2. The summed E-state index contributed by atoms with van der Waals surface area (Å²) in [7, 11) is 1.62. The molecule has 1 N–H and O–H groups in total. The molecule has 0 spiro atoms. The van der Waals surface area contributed by atoms with Crippen LogP contribution >= 0.6 is 0 Å². The molecule has 5 nitrogen and oxygen atoms in total. The van der Waals surface area contributed by atoms with Crippen molar-refractivity contribution in [2.45, 2.75) is 13.8 Å². The van der Waals surface area contributed by atoms with E-state index in [0.29, 0.717) is 11.5 Å². The van der Waals surface area contributed by atoms with E-state index in [-0.39, 0.29) is 0 Å². The first kappa shape index (κ1) is 12.8. The molecule has 2 rings (SSSR count). The predicted molar refractivity (Wildman–Crippen MR) is 72.5 cm³/mol. The number of ether oxygens (including phenoxy) is 1. The fourth-order valence-electron chi connectivity index (χ4n) is 1.68. The number of nitriles is 1. The Hall–Kier alpha value is -2.61. The number of benzene rings is 1. The van der Waals surface area contributed by atoms with Gasteiger partial charge in [-0.1, -0.05) is 0 Å². The molecule has 0 saturated carbocycles. The predicted octanol–water partition coefficient (Wildman–Crippen LogP) is 2.72. The molecule has 19 heavy (non-hydrogen) atoms. The fourth-order valence-corrected chi connectivity index (χ4v) is 1.68. The molecule has 0 bridgehead atoms. The first-order chi connectivity index (χ1) is 9.13. The third kappa shape index (κ3) is 2.80. The highest BCUT2D eigenvalue weighted by molar-refractivity contribution is 5.66. The number of hydrogen-bond acceptors (Lipinski definition) is 5. The number of rotatable bonds is 3. The Balaban J connectivity index is 2.37. The molecule has 96 valence electrons. The van der Waals surface area contributed by atoms with E-state index in [1.807, 2.05) is 32.0 Å². The molecule has 0 radical (unpaired) electrons. The van der Waals surface area contributed by atoms with Crippen molar-refractivity contribution in [1.29, 1.82) is 5.26 Å². The van der Waals surface area contributed by atoms with E-state index >= 15 is 0 Å². The first-order valence-corrected chi connectivity index (χ1v) is 5.78. The average molecular weight is 254 g/mol. The molecule has 0 fully saturated rings. The van der Waals surface area contributed by atoms with Gasteiger partial charge in [0.1, 0.15) is 29.7 Å². The molecule has 0 aliphatic carbocycles. The highest BCUT2D eigenvalue weighted by Gasteiger charge is 2.07. The lowest BCUT2D eigenvalue weighted by molar-refractivity contribution is 0.416. The molecule has 1 aromatic carbocycles. The van der Waals surface area contributed by atoms with E-state index < -0.39 is 0 Å². The van der Waals surface area contributed by atoms with Gasteiger partial charge < -0.3 is 10.1 Å². The number of aromatic nitrogens is 2. The minimum atomic E-state index is 0.320. The molecular weight excluding hydrogens is 240 g/mol. The Labute approximate surface area is 111 Å². The van der Waals surface area contributed by atoms with Crippen LogP contribution in [-0.2, 0) is 0 Å². The SMILES string of the molecule is COc1cc(C)c(C)cc1Nc1cc(C#N)ncn1. The van der Waals surface area contributed by atoms with E-state index in [4.69, 9.17) is 10.00 Å². The third-order valence-electron chi connectivity index (χ3n) is 2.86. The maximum absolute atomic E-state index is 8.82. The molecule has 2 aromatic rings. The van der Waals surface area contributed by atoms with E-state index in [9.17, 15) is 0 Å². The van der Waals surface area contributed by atoms with Crippen LogP contribution in [0.4, 0.5) is 11.5 Å². The highest BCUT2D eigenvalue weighted by atomic mass is 16.5. The van der Waals surface area contributed by atoms with Gasteiger partial charge >= 0.3 is 0 Å². The van der Waals surface area contributed by atoms with Crippen LogP contribution in [0.2, 0.25) is 0 Å². The summed E-state index contributed by atoms with van der Waals surface area (Å²) in [5.41, 5.74) is 3.44. The van der Waals surface area contributed by atoms with Crippen molar-refractivity contribution in [3.8, 4) is 11.8 Å². The Morgan fingerprint density at radius 1 is 1.16 bits per heavy atom. The maximum Gasteiger partial charge on any atom is 0.145 e. The van der Waals surface area contributed by atoms with Crippen molar-refractivity contribution in [3.63, 3.8) is 0 Å². The second-order valence-corrected chi connectivity index (χ2v) is 4.16. The maximum atomic E-state index is 8.82. The first-order valence-electron chi connectivity index (χ1n) is 5.78. The van der Waals surface area contributed by atoms with Crippen molar-refractivity contribution in [2.75, 3.05) is 12.4 Å². The van der Waals surface area contributed by atoms with Crippen molar-refractivity contribution in [2.24, 2.45) is 0 Å². The lowest BCUT2D eigenvalue weighted by Gasteiger charge is -2.13. The van der Waals surface area contributed by atoms with E-state index in [1.165, 1.54) is 6.33 Å². The van der Waals surface area contributed by atoms with Crippen molar-refractivity contribution in [1.82, 2.24) is 9.97 Å². The van der Waals surface area contributed by atoms with Crippen LogP contribution in [0.1, 0.15) is 16.8 Å². The van der Waals surface area contributed by atoms with Crippen LogP contribution in [0, 0.1) is 25.2 Å². The van der Waals surface area contributed by atoms with Crippen LogP contribution in [0.3, 0.4) is 0 Å². The molecular formula is C14H14N4O. The Bertz CT molecular complexity index is 646. The van der Waals surface area contributed by atoms with E-state index in [1.54, 1.807) is 13.2 Å². The lowest BCUT2D eigenvalue weighted by atomic mass is 10.1. The zero-order chi connectivity index (χ0) is 13.8. The largest absolute Gasteiger partial charge is 0.495 e. The van der Waals surface area contributed by atoms with Gasteiger partial charge in [0.2, 0.25) is 0 Å². The van der Waals surface area contributed by atoms with Gasteiger partial charge in [-0.05, 0) is 37.1 Å². The van der Waals surface area contributed by atoms with E-state index in [0.717, 1.165) is 22.6 Å². The molecule has 5 heteroatoms. The standard InChI is InChI=1S/C14H14N4O/c1-9-4-12(13(19-3)5-10(9)2)18-14-6-11(7-15)16-8-17-14/h4-6,8H,1-3H3,(H,16,17,18). The van der Waals surface area contributed by atoms with Gasteiger partial charge in [0, 0.05) is 6.07 Å². The smallest absolute Gasteiger partial charge is 0.145 e. The van der Waals surface area contributed by atoms with E-state index in [2.05, 4.69) is 15.3 Å². The summed E-state index contributed by atoms with van der Waals surface area (Å²) in [5, 5.41) is 12.0. The number of nitrogens with zero attached hydrogens (tertiary/aromatic N) is 3. The van der Waals surface area contributed by atoms with Gasteiger partial charge in [0.15, 0.2) is 0 Å². The molecule has 0 unspecified atom stereocenters. The minimum absolute atomic E-state index is 0.320. The molecule has 0 amide bonds. The second kappa shape index (κ2) is 5.36. The molecule has 0 aliphatic heterocycles. The minimum Gasteiger partial charge on any atom is -0.495 e. The van der Waals surface area contributed by atoms with Crippen LogP contribution in [0.15, 0.2) is 24.5 Å². The van der Waals surface area contributed by atoms with Crippen molar-refractivity contribution >= 4 is 11.5 Å². The zero-order valence-electron chi connectivity index (χ0n) is 11.1. The summed E-state index contributed by atoms with van der Waals surface area (Å²) in [6.07, 6.45) is 1.36. The topological polar surface area (TPSA) is 70.8 Å². The molecule has 1 aromatic heterocycles. The Morgan fingerprint density at radius 2 is 1.89 bits per heavy atom. The molecule has 0 aliphatic rings. The normalized spacial score (nSPS) is 9.79. The van der Waals surface area contributed by atoms with Gasteiger partial charge in [-0.2, -0.15) is 5.26 Å². The van der Waals surface area contributed by atoms with Gasteiger partial charge in [0.05, 0.1) is 12.8 Å². The fraction of sp³-hybridized carbons (Fsp3) is 0.214. The highest BCUT2D eigenvalue weighted by Crippen LogP contribution is 2.30. The summed E-state index contributed by atoms with van der Waals surface area (Å²) in [6.45, 7) is 4.06. The van der Waals surface area contributed by atoms with Crippen LogP contribution in [-0.4, -0.2) is 17.1 Å². The van der Waals surface area contributed by atoms with Gasteiger partial charge in [0.25, 0.3) is 0 Å². The number of anilines is 2. The monoisotopic (exact) mass is 254 g/mol. The Morgan fingerprint density at radius 3 is 2.58 bits per heavy atom. The van der Waals surface area contributed by atoms with Crippen LogP contribution in [0.5, 0.6) is 5.75 Å². The summed E-state index contributed by atoms with van der Waals surface area (Å²) in [4.78, 5) is 7.91. The van der Waals surface area contributed by atoms with Crippen molar-refractivity contribution in [3.05, 3.63) is 41.3 Å². The van der Waals surface area contributed by atoms with Crippen molar-refractivity contribution < 1.29 is 4.74 Å². The average Bonchev–Trinajstić information content (AvgIpc) is 2.43. The zero-order valence-corrected chi connectivity index (χ0v) is 11.1. The van der Waals surface area contributed by atoms with Gasteiger partial charge in [-0.25, -0.2) is 9.97 Å². The number of methoxy groups -OCH3 is 1. The third-order valence-corrected chi connectivity index (χ3v) is 2.86. The molecule has 0 saturated heterocycles. The summed E-state index contributed by atoms with van der Waals surface area (Å²) in [5.74, 6) is 1.30. The summed E-state index contributed by atoms with van der Waals surface area (Å²) in [6, 6.07) is 7.52. The Kier molecular flexibility index (Phi) is 3.62. The second-order valence-electron chi connectivity index (χ2n) is 4.16. The quantitative estimate of drug-likeness (QED) is 0.911. The summed E-state index contributed by atoms with van der Waals surface area (Å²) >= 11 is 0.